The second-order valence-electron chi connectivity index (χ2n) is 15.4. The number of hydrogen-bond donors (Lipinski definition) is 2. The number of likely N-dealkylation sites (N-methyl/N-ethyl adjacent to an activating group) is 1. The van der Waals surface area contributed by atoms with Crippen LogP contribution in [-0.4, -0.2) is 95.7 Å². The second kappa shape index (κ2) is 25.7. The Balaban J connectivity index is 0.00000131. The largest absolute Gasteiger partial charge is 0.363 e. The van der Waals surface area contributed by atoms with Gasteiger partial charge in [0, 0.05) is 95.3 Å². The summed E-state index contributed by atoms with van der Waals surface area (Å²) < 4.78 is 0. The van der Waals surface area contributed by atoms with E-state index in [2.05, 4.69) is 106 Å². The molecule has 2 N–H and O–H groups in total. The summed E-state index contributed by atoms with van der Waals surface area (Å²) in [6, 6.07) is 17.4. The number of fused-ring (bicyclic) bond motifs is 3. The molecule has 328 valence electrons. The number of H-pyrrole nitrogens is 1. The number of carbonyl (C=O) groups excluding carboxylic acids is 1. The van der Waals surface area contributed by atoms with Crippen LogP contribution in [0, 0.1) is 0 Å². The number of piperazine rings is 1. The lowest BCUT2D eigenvalue weighted by Crippen LogP contribution is -2.47. The van der Waals surface area contributed by atoms with Crippen LogP contribution in [0.25, 0.3) is 46.0 Å². The molecule has 8 heteroatoms. The standard InChI is InChI=1S/C47H57N7O.3C2H6/c1-5-37-31-36(14-18-41(37)35(3)52(4)46-20-13-34(2)50-47(46)55)11-8-6-7-9-25-53-27-29-54(30-28-53)26-10-12-40-17-15-39(33-49-40)38-16-19-42-43-21-23-48-24-22-44(43)51-45(42)32-38;3*1-2/h5,14-19,21-22,24,31-33,46,51H,1-3,6-13,20,23,25-30H2,4H3,(H,50,55);3*1-2H3. The lowest BCUT2D eigenvalue weighted by atomic mass is 9.96. The Kier molecular flexibility index (Phi) is 20.4. The molecule has 0 bridgehead atoms. The Bertz CT molecular complexity index is 2170. The molecule has 1 atom stereocenters. The number of piperidine rings is 1. The number of nitrogens with zero attached hydrogens (tertiary/aromatic N) is 5. The van der Waals surface area contributed by atoms with E-state index in [0.717, 1.165) is 97.2 Å². The third-order valence-corrected chi connectivity index (χ3v) is 11.7. The Morgan fingerprint density at radius 2 is 1.57 bits per heavy atom. The number of nitrogens with one attached hydrogen (secondary N) is 2. The monoisotopic (exact) mass is 826 g/mol. The maximum absolute atomic E-state index is 12.6. The maximum Gasteiger partial charge on any atom is 0.246 e. The van der Waals surface area contributed by atoms with E-state index in [1.807, 2.05) is 72.0 Å². The van der Waals surface area contributed by atoms with Gasteiger partial charge in [0.2, 0.25) is 5.91 Å². The fourth-order valence-corrected chi connectivity index (χ4v) is 8.29. The molecule has 3 aliphatic heterocycles. The highest BCUT2D eigenvalue weighted by Gasteiger charge is 2.29. The fourth-order valence-electron chi connectivity index (χ4n) is 8.29. The number of unbranched alkanes of at least 4 members (excludes halogenated alkanes) is 3. The van der Waals surface area contributed by atoms with Crippen molar-refractivity contribution in [2.75, 3.05) is 52.9 Å². The number of aromatic nitrogens is 2. The molecule has 2 aromatic heterocycles. The molecule has 0 aliphatic carbocycles. The summed E-state index contributed by atoms with van der Waals surface area (Å²) in [5, 5.41) is 6.50. The molecular formula is C53H75N7O. The normalized spacial score (nSPS) is 16.1. The Morgan fingerprint density at radius 1 is 0.869 bits per heavy atom. The van der Waals surface area contributed by atoms with Crippen molar-refractivity contribution in [1.29, 1.82) is 0 Å². The van der Waals surface area contributed by atoms with Gasteiger partial charge in [0.15, 0.2) is 0 Å². The number of carbonyl (C=O) groups is 1. The third-order valence-electron chi connectivity index (χ3n) is 11.7. The first-order chi connectivity index (χ1) is 29.9. The zero-order valence-electron chi connectivity index (χ0n) is 38.7. The van der Waals surface area contributed by atoms with E-state index in [1.165, 1.54) is 72.7 Å². The molecule has 3 aliphatic rings. The first-order valence-corrected chi connectivity index (χ1v) is 23.2. The summed E-state index contributed by atoms with van der Waals surface area (Å²) in [7, 11) is 1.95. The van der Waals surface area contributed by atoms with E-state index in [0.29, 0.717) is 0 Å². The summed E-state index contributed by atoms with van der Waals surface area (Å²) in [6.45, 7) is 32.0. The minimum Gasteiger partial charge on any atom is -0.363 e. The number of aliphatic imine (C=N–C) groups is 1. The Morgan fingerprint density at radius 3 is 2.26 bits per heavy atom. The van der Waals surface area contributed by atoms with Crippen molar-refractivity contribution in [3.63, 3.8) is 0 Å². The van der Waals surface area contributed by atoms with Gasteiger partial charge in [-0.3, -0.25) is 14.8 Å². The minimum atomic E-state index is -0.235. The highest BCUT2D eigenvalue weighted by molar-refractivity contribution is 5.94. The predicted octanol–water partition coefficient (Wildman–Crippen LogP) is 9.64. The van der Waals surface area contributed by atoms with Gasteiger partial charge in [-0.1, -0.05) is 123 Å². The van der Waals surface area contributed by atoms with Crippen molar-refractivity contribution in [3.05, 3.63) is 113 Å². The van der Waals surface area contributed by atoms with Gasteiger partial charge < -0.3 is 25.0 Å². The van der Waals surface area contributed by atoms with Gasteiger partial charge in [0.25, 0.3) is 0 Å². The van der Waals surface area contributed by atoms with Crippen molar-refractivity contribution in [2.24, 2.45) is 4.99 Å². The predicted molar refractivity (Wildman–Crippen MR) is 264 cm³/mol. The molecule has 0 saturated carbocycles. The number of rotatable bonds is 16. The lowest BCUT2D eigenvalue weighted by molar-refractivity contribution is -0.125. The van der Waals surface area contributed by atoms with E-state index < -0.39 is 0 Å². The zero-order chi connectivity index (χ0) is 44.1. The molecule has 1 unspecified atom stereocenters. The Hall–Kier alpha value is -5.05. The first kappa shape index (κ1) is 48.6. The maximum atomic E-state index is 12.6. The summed E-state index contributed by atoms with van der Waals surface area (Å²) in [5.74, 6) is -0.00719. The van der Waals surface area contributed by atoms with Gasteiger partial charge in [-0.05, 0) is 92.9 Å². The van der Waals surface area contributed by atoms with Gasteiger partial charge in [0.05, 0.1) is 6.54 Å². The molecule has 2 aromatic carbocycles. The van der Waals surface area contributed by atoms with Crippen molar-refractivity contribution in [3.8, 4) is 11.1 Å². The van der Waals surface area contributed by atoms with Gasteiger partial charge in [-0.25, -0.2) is 0 Å². The van der Waals surface area contributed by atoms with Crippen molar-refractivity contribution >= 4 is 46.9 Å². The number of amides is 1. The first-order valence-electron chi connectivity index (χ1n) is 23.2. The summed E-state index contributed by atoms with van der Waals surface area (Å²) in [4.78, 5) is 32.6. The quantitative estimate of drug-likeness (QED) is 0.110. The second-order valence-corrected chi connectivity index (χ2v) is 15.4. The van der Waals surface area contributed by atoms with Gasteiger partial charge in [-0.15, -0.1) is 0 Å². The molecule has 61 heavy (non-hydrogen) atoms. The number of hydrogen-bond acceptors (Lipinski definition) is 6. The number of aryl methyl sites for hydroxylation is 2. The number of pyridine rings is 1. The van der Waals surface area contributed by atoms with Crippen LogP contribution < -0.4 is 15.9 Å². The number of allylic oxidation sites excluding steroid dienone is 1. The molecule has 2 saturated heterocycles. The fraction of sp³-hybridized carbons (Fsp3) is 0.453. The lowest BCUT2D eigenvalue weighted by Gasteiger charge is -2.34. The van der Waals surface area contributed by atoms with Crippen LogP contribution in [0.15, 0.2) is 85.2 Å². The molecule has 4 aromatic rings. The van der Waals surface area contributed by atoms with Crippen LogP contribution >= 0.6 is 0 Å². The molecule has 7 rings (SSSR count). The highest BCUT2D eigenvalue weighted by atomic mass is 16.2. The van der Waals surface area contributed by atoms with Crippen LogP contribution in [0.4, 0.5) is 0 Å². The van der Waals surface area contributed by atoms with Crippen molar-refractivity contribution in [2.45, 2.75) is 105 Å². The van der Waals surface area contributed by atoms with Crippen molar-refractivity contribution < 1.29 is 4.79 Å². The van der Waals surface area contributed by atoms with Crippen LogP contribution in [0.5, 0.6) is 0 Å². The molecule has 2 fully saturated rings. The third kappa shape index (κ3) is 13.5. The van der Waals surface area contributed by atoms with Gasteiger partial charge in [-0.2, -0.15) is 0 Å². The Labute approximate surface area is 368 Å². The van der Waals surface area contributed by atoms with Gasteiger partial charge >= 0.3 is 0 Å². The minimum absolute atomic E-state index is 0.00719. The summed E-state index contributed by atoms with van der Waals surface area (Å²) >= 11 is 0. The van der Waals surface area contributed by atoms with E-state index in [-0.39, 0.29) is 11.9 Å². The summed E-state index contributed by atoms with van der Waals surface area (Å²) in [6.07, 6.45) is 19.8. The highest BCUT2D eigenvalue weighted by Crippen LogP contribution is 2.28. The number of aromatic amines is 1. The SMILES string of the molecule is C=Cc1cc(CCCCCCN2CCN(CCCc3ccc(-c4ccc5c6c([nH]c5c4)=CC=NCC=6)cn3)CC2)ccc1C(=C)N(C)C1CCC(=C)NC1=O.CC.CC.CC. The number of benzene rings is 2. The molecule has 1 amide bonds. The molecular weight excluding hydrogens is 751 g/mol. The van der Waals surface area contributed by atoms with Crippen LogP contribution in [-0.2, 0) is 17.6 Å². The van der Waals surface area contributed by atoms with E-state index in [1.54, 1.807) is 0 Å². The topological polar surface area (TPSA) is 79.9 Å². The van der Waals surface area contributed by atoms with E-state index in [4.69, 9.17) is 4.98 Å². The van der Waals surface area contributed by atoms with Crippen LogP contribution in [0.3, 0.4) is 0 Å². The zero-order valence-corrected chi connectivity index (χ0v) is 38.7. The van der Waals surface area contributed by atoms with Gasteiger partial charge in [0.1, 0.15) is 6.04 Å². The van der Waals surface area contributed by atoms with Crippen LogP contribution in [0.1, 0.15) is 109 Å². The molecule has 0 radical (unpaired) electrons. The molecule has 5 heterocycles. The van der Waals surface area contributed by atoms with Crippen LogP contribution in [0.2, 0.25) is 0 Å². The summed E-state index contributed by atoms with van der Waals surface area (Å²) in [5.41, 5.74) is 9.74. The van der Waals surface area contributed by atoms with E-state index in [9.17, 15) is 4.79 Å². The average Bonchev–Trinajstić information content (AvgIpc) is 3.48. The average molecular weight is 826 g/mol. The van der Waals surface area contributed by atoms with Crippen molar-refractivity contribution in [1.82, 2.24) is 30.0 Å². The molecule has 0 spiro atoms. The van der Waals surface area contributed by atoms with E-state index >= 15 is 0 Å². The molecule has 8 nitrogen and oxygen atoms in total. The smallest absolute Gasteiger partial charge is 0.246 e.